The Bertz CT molecular complexity index is 437. The van der Waals surface area contributed by atoms with E-state index in [-0.39, 0.29) is 0 Å². The Morgan fingerprint density at radius 2 is 1.94 bits per heavy atom. The van der Waals surface area contributed by atoms with Crippen molar-refractivity contribution in [3.8, 4) is 5.75 Å². The van der Waals surface area contributed by atoms with Gasteiger partial charge in [-0.3, -0.25) is 0 Å². The molecule has 4 heteroatoms. The predicted octanol–water partition coefficient (Wildman–Crippen LogP) is 2.92. The summed E-state index contributed by atoms with van der Waals surface area (Å²) in [7, 11) is 1.71. The van der Waals surface area contributed by atoms with E-state index < -0.39 is 0 Å². The average molecular weight is 311 g/mol. The molecule has 0 radical (unpaired) electrons. The molecule has 1 aromatic carbocycles. The highest BCUT2D eigenvalue weighted by Gasteiger charge is 2.39. The zero-order chi connectivity index (χ0) is 12.7. The molecule has 2 atom stereocenters. The lowest BCUT2D eigenvalue weighted by Gasteiger charge is -2.39. The van der Waals surface area contributed by atoms with Crippen LogP contribution >= 0.6 is 15.9 Å². The Morgan fingerprint density at radius 3 is 2.56 bits per heavy atom. The first-order valence-corrected chi connectivity index (χ1v) is 7.36. The first-order valence-electron chi connectivity index (χ1n) is 6.56. The molecule has 2 bridgehead atoms. The summed E-state index contributed by atoms with van der Waals surface area (Å²) in [6, 6.07) is 7.99. The Hall–Kier alpha value is -0.740. The number of nitrogens with two attached hydrogens (primary N) is 1. The summed E-state index contributed by atoms with van der Waals surface area (Å²) < 4.78 is 6.40. The van der Waals surface area contributed by atoms with Crippen LogP contribution in [0, 0.1) is 0 Å². The second kappa shape index (κ2) is 4.74. The van der Waals surface area contributed by atoms with Gasteiger partial charge in [-0.05, 0) is 53.7 Å². The molecular weight excluding hydrogens is 292 g/mol. The molecular formula is C14H19BrN2O. The molecule has 2 unspecified atom stereocenters. The smallest absolute Gasteiger partial charge is 0.135 e. The zero-order valence-corrected chi connectivity index (χ0v) is 12.2. The number of nitrogens with zero attached hydrogens (tertiary/aromatic N) is 1. The number of anilines is 1. The van der Waals surface area contributed by atoms with Crippen LogP contribution in [0.2, 0.25) is 0 Å². The minimum absolute atomic E-state index is 0.385. The lowest BCUT2D eigenvalue weighted by molar-refractivity contribution is 0.405. The van der Waals surface area contributed by atoms with Gasteiger partial charge in [0.1, 0.15) is 5.75 Å². The van der Waals surface area contributed by atoms with Crippen LogP contribution in [-0.2, 0) is 0 Å². The topological polar surface area (TPSA) is 38.5 Å². The van der Waals surface area contributed by atoms with E-state index in [9.17, 15) is 0 Å². The largest absolute Gasteiger partial charge is 0.495 e. The van der Waals surface area contributed by atoms with Gasteiger partial charge >= 0.3 is 0 Å². The molecule has 2 fully saturated rings. The number of hydrogen-bond acceptors (Lipinski definition) is 3. The number of methoxy groups -OCH3 is 1. The van der Waals surface area contributed by atoms with Crippen LogP contribution in [0.3, 0.4) is 0 Å². The number of ether oxygens (including phenoxy) is 1. The number of fused-ring (bicyclic) bond motifs is 2. The molecule has 0 saturated carbocycles. The Kier molecular flexibility index (Phi) is 3.24. The fourth-order valence-electron chi connectivity index (χ4n) is 3.45. The lowest BCUT2D eigenvalue weighted by Crippen LogP contribution is -2.47. The van der Waals surface area contributed by atoms with Crippen molar-refractivity contribution in [2.24, 2.45) is 5.73 Å². The summed E-state index contributed by atoms with van der Waals surface area (Å²) in [4.78, 5) is 2.55. The Balaban J connectivity index is 1.91. The van der Waals surface area contributed by atoms with Crippen LogP contribution < -0.4 is 15.4 Å². The SMILES string of the molecule is COc1cc(N2C3CCC2CC(N)C3)ccc1Br. The maximum Gasteiger partial charge on any atom is 0.135 e. The molecule has 2 heterocycles. The Morgan fingerprint density at radius 1 is 1.28 bits per heavy atom. The van der Waals surface area contributed by atoms with E-state index in [2.05, 4.69) is 39.0 Å². The van der Waals surface area contributed by atoms with E-state index >= 15 is 0 Å². The van der Waals surface area contributed by atoms with Gasteiger partial charge in [-0.2, -0.15) is 0 Å². The summed E-state index contributed by atoms with van der Waals surface area (Å²) in [5, 5.41) is 0. The molecule has 2 aliphatic heterocycles. The van der Waals surface area contributed by atoms with Gasteiger partial charge in [-0.15, -0.1) is 0 Å². The minimum atomic E-state index is 0.385. The number of hydrogen-bond donors (Lipinski definition) is 1. The van der Waals surface area contributed by atoms with Gasteiger partial charge in [-0.1, -0.05) is 0 Å². The van der Waals surface area contributed by atoms with E-state index in [0.717, 1.165) is 23.1 Å². The highest BCUT2D eigenvalue weighted by atomic mass is 79.9. The van der Waals surface area contributed by atoms with Gasteiger partial charge in [0, 0.05) is 29.9 Å². The molecule has 98 valence electrons. The van der Waals surface area contributed by atoms with Crippen molar-refractivity contribution in [3.05, 3.63) is 22.7 Å². The minimum Gasteiger partial charge on any atom is -0.495 e. The molecule has 2 N–H and O–H groups in total. The first kappa shape index (κ1) is 12.3. The van der Waals surface area contributed by atoms with Crippen LogP contribution in [0.25, 0.3) is 0 Å². The molecule has 1 aromatic rings. The van der Waals surface area contributed by atoms with Crippen molar-refractivity contribution in [2.75, 3.05) is 12.0 Å². The summed E-state index contributed by atoms with van der Waals surface area (Å²) in [5.74, 6) is 0.904. The van der Waals surface area contributed by atoms with Crippen LogP contribution in [0.4, 0.5) is 5.69 Å². The normalized spacial score (nSPS) is 30.6. The summed E-state index contributed by atoms with van der Waals surface area (Å²) in [6.07, 6.45) is 4.79. The maximum absolute atomic E-state index is 6.12. The molecule has 0 aromatic heterocycles. The van der Waals surface area contributed by atoms with E-state index in [1.54, 1.807) is 7.11 Å². The van der Waals surface area contributed by atoms with Crippen LogP contribution in [-0.4, -0.2) is 25.2 Å². The van der Waals surface area contributed by atoms with Crippen molar-refractivity contribution >= 4 is 21.6 Å². The van der Waals surface area contributed by atoms with Crippen molar-refractivity contribution in [1.82, 2.24) is 0 Å². The van der Waals surface area contributed by atoms with Gasteiger partial charge in [0.15, 0.2) is 0 Å². The number of piperidine rings is 1. The fraction of sp³-hybridized carbons (Fsp3) is 0.571. The Labute approximate surface area is 116 Å². The second-order valence-electron chi connectivity index (χ2n) is 5.34. The highest BCUT2D eigenvalue weighted by Crippen LogP contribution is 2.40. The summed E-state index contributed by atoms with van der Waals surface area (Å²) >= 11 is 3.51. The van der Waals surface area contributed by atoms with Gasteiger partial charge in [0.05, 0.1) is 11.6 Å². The van der Waals surface area contributed by atoms with Gasteiger partial charge in [-0.25, -0.2) is 0 Å². The van der Waals surface area contributed by atoms with Gasteiger partial charge in [0.2, 0.25) is 0 Å². The standard InChI is InChI=1S/C14H19BrN2O/c1-18-14-8-12(4-5-13(14)15)17-10-2-3-11(17)7-9(16)6-10/h4-5,8-11H,2-3,6-7,16H2,1H3. The molecule has 0 aliphatic carbocycles. The van der Waals surface area contributed by atoms with Crippen molar-refractivity contribution < 1.29 is 4.74 Å². The molecule has 3 nitrogen and oxygen atoms in total. The number of halogens is 1. The molecule has 18 heavy (non-hydrogen) atoms. The summed E-state index contributed by atoms with van der Waals surface area (Å²) in [5.41, 5.74) is 7.39. The fourth-order valence-corrected chi connectivity index (χ4v) is 3.86. The third-order valence-electron chi connectivity index (χ3n) is 4.20. The number of rotatable bonds is 2. The van der Waals surface area contributed by atoms with Gasteiger partial charge < -0.3 is 15.4 Å². The quantitative estimate of drug-likeness (QED) is 0.913. The maximum atomic E-state index is 6.12. The van der Waals surface area contributed by atoms with Crippen LogP contribution in [0.15, 0.2) is 22.7 Å². The lowest BCUT2D eigenvalue weighted by atomic mass is 9.97. The second-order valence-corrected chi connectivity index (χ2v) is 6.20. The van der Waals surface area contributed by atoms with E-state index in [1.807, 2.05) is 0 Å². The van der Waals surface area contributed by atoms with E-state index in [0.29, 0.717) is 18.1 Å². The number of benzene rings is 1. The van der Waals surface area contributed by atoms with E-state index in [1.165, 1.54) is 18.5 Å². The molecule has 3 rings (SSSR count). The third kappa shape index (κ3) is 2.01. The van der Waals surface area contributed by atoms with Crippen LogP contribution in [0.5, 0.6) is 5.75 Å². The average Bonchev–Trinajstić information content (AvgIpc) is 2.63. The first-order chi connectivity index (χ1) is 8.69. The third-order valence-corrected chi connectivity index (χ3v) is 4.86. The molecule has 0 amide bonds. The highest BCUT2D eigenvalue weighted by molar-refractivity contribution is 9.10. The predicted molar refractivity (Wildman–Crippen MR) is 77.2 cm³/mol. The van der Waals surface area contributed by atoms with Crippen molar-refractivity contribution in [1.29, 1.82) is 0 Å². The monoisotopic (exact) mass is 310 g/mol. The zero-order valence-electron chi connectivity index (χ0n) is 10.6. The van der Waals surface area contributed by atoms with Crippen molar-refractivity contribution in [2.45, 2.75) is 43.8 Å². The summed E-state index contributed by atoms with van der Waals surface area (Å²) in [6.45, 7) is 0. The van der Waals surface area contributed by atoms with Crippen LogP contribution in [0.1, 0.15) is 25.7 Å². The molecule has 2 aliphatic rings. The molecule has 2 saturated heterocycles. The van der Waals surface area contributed by atoms with Gasteiger partial charge in [0.25, 0.3) is 0 Å². The molecule has 0 spiro atoms. The van der Waals surface area contributed by atoms with Crippen molar-refractivity contribution in [3.63, 3.8) is 0 Å². The van der Waals surface area contributed by atoms with E-state index in [4.69, 9.17) is 10.5 Å².